The minimum atomic E-state index is -0.0470. The van der Waals surface area contributed by atoms with E-state index in [-0.39, 0.29) is 5.91 Å². The first-order valence-electron chi connectivity index (χ1n) is 10.8. The molecule has 156 valence electrons. The van der Waals surface area contributed by atoms with Gasteiger partial charge in [-0.05, 0) is 61.1 Å². The van der Waals surface area contributed by atoms with Crippen LogP contribution in [0.1, 0.15) is 47.1 Å². The van der Waals surface area contributed by atoms with Crippen molar-refractivity contribution in [2.75, 3.05) is 18.0 Å². The Morgan fingerprint density at radius 2 is 1.83 bits per heavy atom. The number of amides is 1. The van der Waals surface area contributed by atoms with E-state index in [0.717, 1.165) is 42.5 Å². The number of rotatable bonds is 6. The molecule has 0 bridgehead atoms. The minimum Gasteiger partial charge on any atom is -0.371 e. The lowest BCUT2D eigenvalue weighted by molar-refractivity contribution is 0.0951. The summed E-state index contributed by atoms with van der Waals surface area (Å²) in [7, 11) is 0. The first-order valence-corrected chi connectivity index (χ1v) is 10.8. The highest BCUT2D eigenvalue weighted by Gasteiger charge is 2.16. The smallest absolute Gasteiger partial charge is 0.251 e. The standard InChI is InChI=1S/C25H30N4O/c1-19-4-3-14-29(17-19)24-11-7-21(8-12-24)16-27-25(30)23-9-5-22(6-10-23)18-28-15-13-26-20(28)2/h5-13,15,19H,3-4,14,16-18H2,1-2H3,(H,27,30)/t19-/m1/s1. The largest absolute Gasteiger partial charge is 0.371 e. The van der Waals surface area contributed by atoms with Crippen molar-refractivity contribution in [3.63, 3.8) is 0 Å². The maximum Gasteiger partial charge on any atom is 0.251 e. The van der Waals surface area contributed by atoms with E-state index >= 15 is 0 Å². The van der Waals surface area contributed by atoms with Crippen molar-refractivity contribution in [1.82, 2.24) is 14.9 Å². The summed E-state index contributed by atoms with van der Waals surface area (Å²) in [5.41, 5.74) is 4.22. The molecular formula is C25H30N4O. The number of aryl methyl sites for hydroxylation is 1. The van der Waals surface area contributed by atoms with Crippen molar-refractivity contribution in [1.29, 1.82) is 0 Å². The van der Waals surface area contributed by atoms with Crippen molar-refractivity contribution >= 4 is 11.6 Å². The predicted octanol–water partition coefficient (Wildman–Crippen LogP) is 4.41. The lowest BCUT2D eigenvalue weighted by Gasteiger charge is -2.32. The molecule has 0 spiro atoms. The lowest BCUT2D eigenvalue weighted by Crippen LogP contribution is -2.34. The second-order valence-corrected chi connectivity index (χ2v) is 8.34. The van der Waals surface area contributed by atoms with Gasteiger partial charge in [0.2, 0.25) is 0 Å². The molecule has 1 N–H and O–H groups in total. The Bertz CT molecular complexity index is 975. The molecule has 30 heavy (non-hydrogen) atoms. The van der Waals surface area contributed by atoms with E-state index in [0.29, 0.717) is 12.1 Å². The van der Waals surface area contributed by atoms with Crippen LogP contribution in [-0.2, 0) is 13.1 Å². The molecule has 0 radical (unpaired) electrons. The van der Waals surface area contributed by atoms with Gasteiger partial charge >= 0.3 is 0 Å². The summed E-state index contributed by atoms with van der Waals surface area (Å²) in [6, 6.07) is 16.4. The van der Waals surface area contributed by atoms with Crippen LogP contribution in [0.2, 0.25) is 0 Å². The molecule has 4 rings (SSSR count). The monoisotopic (exact) mass is 402 g/mol. The number of nitrogens with one attached hydrogen (secondary N) is 1. The van der Waals surface area contributed by atoms with Crippen molar-refractivity contribution in [3.8, 4) is 0 Å². The average Bonchev–Trinajstić information content (AvgIpc) is 3.17. The van der Waals surface area contributed by atoms with Crippen molar-refractivity contribution in [3.05, 3.63) is 83.4 Å². The summed E-state index contributed by atoms with van der Waals surface area (Å²) in [4.78, 5) is 19.2. The predicted molar refractivity (Wildman–Crippen MR) is 121 cm³/mol. The molecule has 1 fully saturated rings. The second kappa shape index (κ2) is 9.16. The third kappa shape index (κ3) is 4.90. The summed E-state index contributed by atoms with van der Waals surface area (Å²) in [5.74, 6) is 1.69. The zero-order valence-corrected chi connectivity index (χ0v) is 17.8. The quantitative estimate of drug-likeness (QED) is 0.665. The number of hydrogen-bond donors (Lipinski definition) is 1. The fourth-order valence-electron chi connectivity index (χ4n) is 4.06. The van der Waals surface area contributed by atoms with Crippen molar-refractivity contribution in [2.45, 2.75) is 39.8 Å². The highest BCUT2D eigenvalue weighted by molar-refractivity contribution is 5.94. The molecule has 1 amide bonds. The molecule has 2 aromatic carbocycles. The molecule has 3 aromatic rings. The van der Waals surface area contributed by atoms with Crippen LogP contribution in [0.5, 0.6) is 0 Å². The van der Waals surface area contributed by atoms with E-state index < -0.39 is 0 Å². The Morgan fingerprint density at radius 1 is 1.10 bits per heavy atom. The van der Waals surface area contributed by atoms with Crippen LogP contribution in [0.25, 0.3) is 0 Å². The third-order valence-corrected chi connectivity index (χ3v) is 5.90. The van der Waals surface area contributed by atoms with Gasteiger partial charge in [-0.1, -0.05) is 31.2 Å². The Kier molecular flexibility index (Phi) is 6.17. The molecule has 1 aromatic heterocycles. The van der Waals surface area contributed by atoms with Crippen LogP contribution in [0.15, 0.2) is 60.9 Å². The Morgan fingerprint density at radius 3 is 2.50 bits per heavy atom. The molecule has 5 nitrogen and oxygen atoms in total. The molecule has 1 aliphatic rings. The number of nitrogens with zero attached hydrogens (tertiary/aromatic N) is 3. The number of aromatic nitrogens is 2. The fourth-order valence-corrected chi connectivity index (χ4v) is 4.06. The van der Waals surface area contributed by atoms with Crippen LogP contribution in [0.3, 0.4) is 0 Å². The third-order valence-electron chi connectivity index (χ3n) is 5.90. The van der Waals surface area contributed by atoms with Gasteiger partial charge in [0.1, 0.15) is 5.82 Å². The molecule has 5 heteroatoms. The van der Waals surface area contributed by atoms with E-state index in [1.54, 1.807) is 6.20 Å². The van der Waals surface area contributed by atoms with Crippen LogP contribution < -0.4 is 10.2 Å². The van der Waals surface area contributed by atoms with Crippen LogP contribution >= 0.6 is 0 Å². The van der Waals surface area contributed by atoms with Gasteiger partial charge < -0.3 is 14.8 Å². The van der Waals surface area contributed by atoms with Gasteiger partial charge in [0.15, 0.2) is 0 Å². The van der Waals surface area contributed by atoms with E-state index in [1.807, 2.05) is 37.4 Å². The number of hydrogen-bond acceptors (Lipinski definition) is 3. The van der Waals surface area contributed by atoms with Gasteiger partial charge in [-0.15, -0.1) is 0 Å². The first kappa shape index (κ1) is 20.2. The van der Waals surface area contributed by atoms with E-state index in [1.165, 1.54) is 18.5 Å². The molecule has 2 heterocycles. The molecule has 0 unspecified atom stereocenters. The maximum absolute atomic E-state index is 12.5. The lowest BCUT2D eigenvalue weighted by atomic mass is 9.99. The van der Waals surface area contributed by atoms with Crippen molar-refractivity contribution < 1.29 is 4.79 Å². The zero-order valence-electron chi connectivity index (χ0n) is 17.8. The Hall–Kier alpha value is -3.08. The summed E-state index contributed by atoms with van der Waals surface area (Å²) < 4.78 is 2.09. The second-order valence-electron chi connectivity index (χ2n) is 8.34. The van der Waals surface area contributed by atoms with Gasteiger partial charge in [-0.3, -0.25) is 4.79 Å². The number of piperidine rings is 1. The van der Waals surface area contributed by atoms with Crippen LogP contribution in [0.4, 0.5) is 5.69 Å². The molecule has 0 saturated carbocycles. The molecule has 0 aliphatic carbocycles. The average molecular weight is 403 g/mol. The fraction of sp³-hybridized carbons (Fsp3) is 0.360. The summed E-state index contributed by atoms with van der Waals surface area (Å²) in [5, 5.41) is 3.03. The zero-order chi connectivity index (χ0) is 20.9. The number of benzene rings is 2. The van der Waals surface area contributed by atoms with Gasteiger partial charge in [0.25, 0.3) is 5.91 Å². The normalized spacial score (nSPS) is 16.5. The SMILES string of the molecule is Cc1nccn1Cc1ccc(C(=O)NCc2ccc(N3CCC[C@@H](C)C3)cc2)cc1. The van der Waals surface area contributed by atoms with Gasteiger partial charge in [0, 0.05) is 49.8 Å². The maximum atomic E-state index is 12.5. The molecular weight excluding hydrogens is 372 g/mol. The highest BCUT2D eigenvalue weighted by atomic mass is 16.1. The molecule has 1 atom stereocenters. The van der Waals surface area contributed by atoms with Gasteiger partial charge in [-0.2, -0.15) is 0 Å². The summed E-state index contributed by atoms with van der Waals surface area (Å²) >= 11 is 0. The Balaban J connectivity index is 1.30. The number of imidazole rings is 1. The van der Waals surface area contributed by atoms with Crippen LogP contribution in [0, 0.1) is 12.8 Å². The molecule has 1 aliphatic heterocycles. The Labute approximate surface area is 178 Å². The minimum absolute atomic E-state index is 0.0470. The van der Waals surface area contributed by atoms with E-state index in [2.05, 4.69) is 51.0 Å². The highest BCUT2D eigenvalue weighted by Crippen LogP contribution is 2.23. The van der Waals surface area contributed by atoms with E-state index in [9.17, 15) is 4.79 Å². The number of carbonyl (C=O) groups is 1. The summed E-state index contributed by atoms with van der Waals surface area (Å²) in [6.07, 6.45) is 6.36. The van der Waals surface area contributed by atoms with Gasteiger partial charge in [-0.25, -0.2) is 4.98 Å². The number of carbonyl (C=O) groups excluding carboxylic acids is 1. The first-order chi connectivity index (χ1) is 14.6. The van der Waals surface area contributed by atoms with E-state index in [4.69, 9.17) is 0 Å². The topological polar surface area (TPSA) is 50.2 Å². The number of anilines is 1. The van der Waals surface area contributed by atoms with Gasteiger partial charge in [0.05, 0.1) is 0 Å². The summed E-state index contributed by atoms with van der Waals surface area (Å²) in [6.45, 7) is 7.87. The molecule has 1 saturated heterocycles. The van der Waals surface area contributed by atoms with Crippen molar-refractivity contribution in [2.24, 2.45) is 5.92 Å². The van der Waals surface area contributed by atoms with Crippen LogP contribution in [-0.4, -0.2) is 28.5 Å².